The first-order chi connectivity index (χ1) is 5.29. The Kier molecular flexibility index (Phi) is 2.35. The van der Waals surface area contributed by atoms with Gasteiger partial charge in [-0.1, -0.05) is 0 Å². The molecule has 0 aliphatic carbocycles. The van der Waals surface area contributed by atoms with Gasteiger partial charge in [-0.15, -0.1) is 0 Å². The summed E-state index contributed by atoms with van der Waals surface area (Å²) in [6.45, 7) is 0. The van der Waals surface area contributed by atoms with Crippen LogP contribution in [0.2, 0.25) is 0 Å². The van der Waals surface area contributed by atoms with Crippen molar-refractivity contribution in [3.05, 3.63) is 0 Å². The van der Waals surface area contributed by atoms with Gasteiger partial charge < -0.3 is 0 Å². The molecule has 0 saturated carbocycles. The first-order valence-electron chi connectivity index (χ1n) is 3.35. The van der Waals surface area contributed by atoms with Gasteiger partial charge in [0, 0.05) is 6.04 Å². The minimum absolute atomic E-state index is 0.0435. The van der Waals surface area contributed by atoms with Crippen molar-refractivity contribution in [3.8, 4) is 0 Å². The average molecular weight is 203 g/mol. The van der Waals surface area contributed by atoms with Gasteiger partial charge in [0.15, 0.2) is 0 Å². The zero-order valence-electron chi connectivity index (χ0n) is 6.06. The second kappa shape index (κ2) is 2.88. The molecular formula is C5H8F3NO2S. The molecule has 7 heteroatoms. The van der Waals surface area contributed by atoms with Crippen LogP contribution < -0.4 is 4.72 Å². The van der Waals surface area contributed by atoms with Gasteiger partial charge in [-0.3, -0.25) is 0 Å². The lowest BCUT2D eigenvalue weighted by Crippen LogP contribution is -2.30. The van der Waals surface area contributed by atoms with Crippen molar-refractivity contribution in [1.82, 2.24) is 4.72 Å². The summed E-state index contributed by atoms with van der Waals surface area (Å²) in [5, 5.41) is 0. The quantitative estimate of drug-likeness (QED) is 0.679. The summed E-state index contributed by atoms with van der Waals surface area (Å²) < 4.78 is 58.4. The zero-order valence-corrected chi connectivity index (χ0v) is 6.87. The Balaban J connectivity index is 2.49. The SMILES string of the molecule is O=S1(=O)CCC(CC(F)(F)F)N1. The minimum Gasteiger partial charge on any atom is -0.212 e. The van der Waals surface area contributed by atoms with Crippen LogP contribution in [0.4, 0.5) is 13.2 Å². The molecule has 1 atom stereocenters. The monoisotopic (exact) mass is 203 g/mol. The molecule has 1 N–H and O–H groups in total. The van der Waals surface area contributed by atoms with E-state index in [1.165, 1.54) is 0 Å². The summed E-state index contributed by atoms with van der Waals surface area (Å²) in [6.07, 6.45) is -5.33. The molecule has 1 aliphatic rings. The Morgan fingerprint density at radius 1 is 1.42 bits per heavy atom. The van der Waals surface area contributed by atoms with E-state index in [4.69, 9.17) is 0 Å². The smallest absolute Gasteiger partial charge is 0.212 e. The fraction of sp³-hybridized carbons (Fsp3) is 1.00. The largest absolute Gasteiger partial charge is 0.390 e. The van der Waals surface area contributed by atoms with Crippen molar-refractivity contribution in [2.45, 2.75) is 25.1 Å². The molecular weight excluding hydrogens is 195 g/mol. The van der Waals surface area contributed by atoms with Crippen LogP contribution >= 0.6 is 0 Å². The van der Waals surface area contributed by atoms with E-state index in [0.717, 1.165) is 0 Å². The number of nitrogens with one attached hydrogen (secondary N) is 1. The second-order valence-electron chi connectivity index (χ2n) is 2.74. The Morgan fingerprint density at radius 2 is 2.00 bits per heavy atom. The molecule has 1 rings (SSSR count). The molecule has 1 aliphatic heterocycles. The molecule has 72 valence electrons. The van der Waals surface area contributed by atoms with E-state index in [9.17, 15) is 21.6 Å². The average Bonchev–Trinajstić information content (AvgIpc) is 2.05. The van der Waals surface area contributed by atoms with Gasteiger partial charge in [-0.25, -0.2) is 13.1 Å². The van der Waals surface area contributed by atoms with E-state index in [0.29, 0.717) is 0 Å². The lowest BCUT2D eigenvalue weighted by Gasteiger charge is -2.10. The number of rotatable bonds is 1. The van der Waals surface area contributed by atoms with Gasteiger partial charge in [0.2, 0.25) is 10.0 Å². The molecule has 1 heterocycles. The predicted molar refractivity (Wildman–Crippen MR) is 36.0 cm³/mol. The second-order valence-corrected chi connectivity index (χ2v) is 4.62. The van der Waals surface area contributed by atoms with Crippen LogP contribution in [0.5, 0.6) is 0 Å². The van der Waals surface area contributed by atoms with Gasteiger partial charge in [-0.2, -0.15) is 13.2 Å². The highest BCUT2D eigenvalue weighted by molar-refractivity contribution is 7.89. The summed E-state index contributed by atoms with van der Waals surface area (Å²) >= 11 is 0. The van der Waals surface area contributed by atoms with Crippen molar-refractivity contribution in [2.75, 3.05) is 5.75 Å². The zero-order chi connectivity index (χ0) is 9.41. The Morgan fingerprint density at radius 3 is 2.33 bits per heavy atom. The maximum atomic E-state index is 11.7. The Bertz CT molecular complexity index is 258. The van der Waals surface area contributed by atoms with Gasteiger partial charge in [0.05, 0.1) is 12.2 Å². The maximum absolute atomic E-state index is 11.7. The normalized spacial score (nSPS) is 29.1. The van der Waals surface area contributed by atoms with Crippen molar-refractivity contribution in [1.29, 1.82) is 0 Å². The molecule has 1 unspecified atom stereocenters. The Hall–Kier alpha value is -0.300. The summed E-state index contributed by atoms with van der Waals surface area (Å²) in [5.74, 6) is -0.201. The highest BCUT2D eigenvalue weighted by atomic mass is 32.2. The van der Waals surface area contributed by atoms with E-state index in [1.54, 1.807) is 0 Å². The number of halogens is 3. The topological polar surface area (TPSA) is 46.2 Å². The van der Waals surface area contributed by atoms with Crippen LogP contribution in [0.25, 0.3) is 0 Å². The molecule has 1 fully saturated rings. The fourth-order valence-corrected chi connectivity index (χ4v) is 2.51. The first kappa shape index (κ1) is 9.79. The molecule has 0 aromatic heterocycles. The molecule has 0 aromatic carbocycles. The number of alkyl halides is 3. The van der Waals surface area contributed by atoms with Crippen LogP contribution in [-0.4, -0.2) is 26.4 Å². The van der Waals surface area contributed by atoms with Gasteiger partial charge in [0.1, 0.15) is 0 Å². The third-order valence-electron chi connectivity index (χ3n) is 1.56. The molecule has 0 spiro atoms. The van der Waals surface area contributed by atoms with Crippen LogP contribution in [0.3, 0.4) is 0 Å². The van der Waals surface area contributed by atoms with Crippen LogP contribution in [-0.2, 0) is 10.0 Å². The summed E-state index contributed by atoms with van der Waals surface area (Å²) in [4.78, 5) is 0. The fourth-order valence-electron chi connectivity index (χ4n) is 1.09. The van der Waals surface area contributed by atoms with Crippen molar-refractivity contribution in [2.24, 2.45) is 0 Å². The lowest BCUT2D eigenvalue weighted by atomic mass is 10.2. The van der Waals surface area contributed by atoms with Gasteiger partial charge in [0.25, 0.3) is 0 Å². The number of hydrogen-bond donors (Lipinski definition) is 1. The standard InChI is InChI=1S/C5H8F3NO2S/c6-5(7,8)3-4-1-2-12(10,11)9-4/h4,9H,1-3H2. The first-order valence-corrected chi connectivity index (χ1v) is 5.00. The lowest BCUT2D eigenvalue weighted by molar-refractivity contribution is -0.138. The predicted octanol–water partition coefficient (Wildman–Crippen LogP) is 0.631. The van der Waals surface area contributed by atoms with Crippen LogP contribution in [0.15, 0.2) is 0 Å². The molecule has 12 heavy (non-hydrogen) atoms. The van der Waals surface area contributed by atoms with E-state index in [-0.39, 0.29) is 12.2 Å². The number of sulfonamides is 1. The van der Waals surface area contributed by atoms with Gasteiger partial charge in [-0.05, 0) is 6.42 Å². The van der Waals surface area contributed by atoms with E-state index in [2.05, 4.69) is 0 Å². The molecule has 1 saturated heterocycles. The van der Waals surface area contributed by atoms with Gasteiger partial charge >= 0.3 is 6.18 Å². The van der Waals surface area contributed by atoms with Crippen LogP contribution in [0.1, 0.15) is 12.8 Å². The van der Waals surface area contributed by atoms with E-state index in [1.807, 2.05) is 4.72 Å². The summed E-state index contributed by atoms with van der Waals surface area (Å²) in [7, 11) is -3.42. The molecule has 3 nitrogen and oxygen atoms in total. The van der Waals surface area contributed by atoms with Crippen LogP contribution in [0, 0.1) is 0 Å². The summed E-state index contributed by atoms with van der Waals surface area (Å²) in [5.41, 5.74) is 0. The molecule has 0 radical (unpaired) electrons. The molecule has 0 aromatic rings. The third-order valence-corrected chi connectivity index (χ3v) is 3.02. The van der Waals surface area contributed by atoms with Crippen molar-refractivity contribution in [3.63, 3.8) is 0 Å². The summed E-state index contributed by atoms with van der Waals surface area (Å²) in [6, 6.07) is -0.963. The highest BCUT2D eigenvalue weighted by Crippen LogP contribution is 2.25. The maximum Gasteiger partial charge on any atom is 0.390 e. The van der Waals surface area contributed by atoms with E-state index < -0.39 is 28.7 Å². The Labute approximate surface area is 68.0 Å². The third kappa shape index (κ3) is 2.98. The minimum atomic E-state index is -4.29. The van der Waals surface area contributed by atoms with Crippen molar-refractivity contribution >= 4 is 10.0 Å². The van der Waals surface area contributed by atoms with E-state index >= 15 is 0 Å². The highest BCUT2D eigenvalue weighted by Gasteiger charge is 2.37. The molecule has 0 bridgehead atoms. The number of hydrogen-bond acceptors (Lipinski definition) is 2. The van der Waals surface area contributed by atoms with Crippen molar-refractivity contribution < 1.29 is 21.6 Å². The molecule has 0 amide bonds.